The predicted molar refractivity (Wildman–Crippen MR) is 109 cm³/mol. The van der Waals surface area contributed by atoms with Gasteiger partial charge in [-0.15, -0.1) is 21.5 Å². The minimum atomic E-state index is -0.332. The molecule has 27 heavy (non-hydrogen) atoms. The molecule has 0 fully saturated rings. The SMILES string of the molecule is CCCc1cc(-c2nnc(SCC(=O)Nc3ccc(F)cc3)n2CC)cs1. The number of carbonyl (C=O) groups is 1. The summed E-state index contributed by atoms with van der Waals surface area (Å²) in [6.07, 6.45) is 2.18. The van der Waals surface area contributed by atoms with E-state index in [0.717, 1.165) is 30.8 Å². The molecule has 0 atom stereocenters. The van der Waals surface area contributed by atoms with E-state index in [1.807, 2.05) is 11.5 Å². The zero-order valence-corrected chi connectivity index (χ0v) is 16.9. The standard InChI is InChI=1S/C19H21FN4OS2/c1-3-5-16-10-13(11-26-16)18-22-23-19(24(18)4-2)27-12-17(25)21-15-8-6-14(20)7-9-15/h6-11H,3-5,12H2,1-2H3,(H,21,25). The number of anilines is 1. The summed E-state index contributed by atoms with van der Waals surface area (Å²) in [6, 6.07) is 7.87. The molecule has 0 aliphatic heterocycles. The number of halogens is 1. The number of carbonyl (C=O) groups excluding carboxylic acids is 1. The van der Waals surface area contributed by atoms with Gasteiger partial charge in [0.25, 0.3) is 0 Å². The van der Waals surface area contributed by atoms with E-state index < -0.39 is 0 Å². The first kappa shape index (κ1) is 19.6. The summed E-state index contributed by atoms with van der Waals surface area (Å²) in [6.45, 7) is 4.93. The second-order valence-corrected chi connectivity index (χ2v) is 7.88. The molecule has 8 heteroatoms. The van der Waals surface area contributed by atoms with Crippen LogP contribution in [0, 0.1) is 5.82 Å². The summed E-state index contributed by atoms with van der Waals surface area (Å²) in [5, 5.41) is 14.2. The second kappa shape index (κ2) is 9.14. The molecule has 0 aliphatic rings. The lowest BCUT2D eigenvalue weighted by atomic mass is 10.2. The van der Waals surface area contributed by atoms with E-state index in [0.29, 0.717) is 10.8 Å². The average Bonchev–Trinajstić information content (AvgIpc) is 3.28. The van der Waals surface area contributed by atoms with Crippen molar-refractivity contribution >= 4 is 34.7 Å². The maximum absolute atomic E-state index is 12.9. The van der Waals surface area contributed by atoms with Gasteiger partial charge in [0, 0.05) is 28.1 Å². The molecule has 1 aromatic carbocycles. The Kier molecular flexibility index (Phi) is 6.63. The van der Waals surface area contributed by atoms with Gasteiger partial charge in [0.05, 0.1) is 5.75 Å². The first-order valence-electron chi connectivity index (χ1n) is 8.80. The fraction of sp³-hybridized carbons (Fsp3) is 0.316. The van der Waals surface area contributed by atoms with E-state index in [4.69, 9.17) is 0 Å². The molecule has 142 valence electrons. The molecule has 2 aromatic heterocycles. The minimum absolute atomic E-state index is 0.167. The Balaban J connectivity index is 1.65. The zero-order valence-electron chi connectivity index (χ0n) is 15.2. The fourth-order valence-corrected chi connectivity index (χ4v) is 4.40. The lowest BCUT2D eigenvalue weighted by Crippen LogP contribution is -2.14. The van der Waals surface area contributed by atoms with Crippen molar-refractivity contribution in [2.75, 3.05) is 11.1 Å². The van der Waals surface area contributed by atoms with Crippen molar-refractivity contribution in [2.45, 2.75) is 38.4 Å². The maximum atomic E-state index is 12.9. The number of thioether (sulfide) groups is 1. The molecule has 3 aromatic rings. The molecule has 0 saturated carbocycles. The number of benzene rings is 1. The Morgan fingerprint density at radius 2 is 2.04 bits per heavy atom. The van der Waals surface area contributed by atoms with Crippen LogP contribution < -0.4 is 5.32 Å². The Bertz CT molecular complexity index is 905. The van der Waals surface area contributed by atoms with Gasteiger partial charge < -0.3 is 9.88 Å². The molecule has 3 rings (SSSR count). The van der Waals surface area contributed by atoms with E-state index in [1.165, 1.54) is 40.9 Å². The van der Waals surface area contributed by atoms with Crippen molar-refractivity contribution in [3.63, 3.8) is 0 Å². The van der Waals surface area contributed by atoms with Gasteiger partial charge >= 0.3 is 0 Å². The molecular formula is C19H21FN4OS2. The largest absolute Gasteiger partial charge is 0.325 e. The second-order valence-electron chi connectivity index (χ2n) is 5.95. The molecule has 2 heterocycles. The van der Waals surface area contributed by atoms with Gasteiger partial charge in [-0.25, -0.2) is 4.39 Å². The number of aryl methyl sites for hydroxylation is 1. The van der Waals surface area contributed by atoms with Crippen LogP contribution in [0.4, 0.5) is 10.1 Å². The fourth-order valence-electron chi connectivity index (χ4n) is 2.63. The predicted octanol–water partition coefficient (Wildman–Crippen LogP) is 4.85. The third kappa shape index (κ3) is 4.95. The van der Waals surface area contributed by atoms with Gasteiger partial charge in [-0.3, -0.25) is 4.79 Å². The monoisotopic (exact) mass is 404 g/mol. The van der Waals surface area contributed by atoms with E-state index in [1.54, 1.807) is 11.3 Å². The minimum Gasteiger partial charge on any atom is -0.325 e. The number of aromatic nitrogens is 3. The third-order valence-electron chi connectivity index (χ3n) is 3.90. The molecule has 0 unspecified atom stereocenters. The molecule has 5 nitrogen and oxygen atoms in total. The van der Waals surface area contributed by atoms with Crippen LogP contribution in [0.15, 0.2) is 40.9 Å². The normalized spacial score (nSPS) is 10.9. The van der Waals surface area contributed by atoms with Crippen LogP contribution in [-0.2, 0) is 17.8 Å². The van der Waals surface area contributed by atoms with E-state index in [9.17, 15) is 9.18 Å². The summed E-state index contributed by atoms with van der Waals surface area (Å²) >= 11 is 3.08. The molecule has 0 bridgehead atoms. The summed E-state index contributed by atoms with van der Waals surface area (Å²) in [5.74, 6) is 0.541. The molecule has 0 aliphatic carbocycles. The van der Waals surface area contributed by atoms with Crippen molar-refractivity contribution in [3.05, 3.63) is 46.4 Å². The molecule has 0 spiro atoms. The van der Waals surface area contributed by atoms with Gasteiger partial charge in [-0.1, -0.05) is 25.1 Å². The zero-order chi connectivity index (χ0) is 19.2. The topological polar surface area (TPSA) is 59.8 Å². The Hall–Kier alpha value is -2.19. The van der Waals surface area contributed by atoms with Crippen molar-refractivity contribution in [3.8, 4) is 11.4 Å². The molecular weight excluding hydrogens is 383 g/mol. The Labute approximate surface area is 166 Å². The van der Waals surface area contributed by atoms with Gasteiger partial charge in [0.2, 0.25) is 5.91 Å². The lowest BCUT2D eigenvalue weighted by molar-refractivity contribution is -0.113. The maximum Gasteiger partial charge on any atom is 0.234 e. The Morgan fingerprint density at radius 3 is 2.74 bits per heavy atom. The number of hydrogen-bond acceptors (Lipinski definition) is 5. The summed E-state index contributed by atoms with van der Waals surface area (Å²) in [5.41, 5.74) is 1.64. The summed E-state index contributed by atoms with van der Waals surface area (Å²) in [7, 11) is 0. The highest BCUT2D eigenvalue weighted by atomic mass is 32.2. The van der Waals surface area contributed by atoms with Gasteiger partial charge in [-0.2, -0.15) is 0 Å². The number of nitrogens with one attached hydrogen (secondary N) is 1. The molecule has 0 saturated heterocycles. The number of amides is 1. The first-order valence-corrected chi connectivity index (χ1v) is 10.7. The van der Waals surface area contributed by atoms with Crippen LogP contribution in [0.1, 0.15) is 25.1 Å². The third-order valence-corrected chi connectivity index (χ3v) is 5.87. The van der Waals surface area contributed by atoms with Gasteiger partial charge in [0.15, 0.2) is 11.0 Å². The number of hydrogen-bond donors (Lipinski definition) is 1. The molecule has 1 N–H and O–H groups in total. The Morgan fingerprint density at radius 1 is 1.26 bits per heavy atom. The van der Waals surface area contributed by atoms with Crippen LogP contribution in [0.3, 0.4) is 0 Å². The van der Waals surface area contributed by atoms with Crippen LogP contribution in [-0.4, -0.2) is 26.4 Å². The van der Waals surface area contributed by atoms with E-state index in [2.05, 4.69) is 33.9 Å². The quantitative estimate of drug-likeness (QED) is 0.545. The van der Waals surface area contributed by atoms with Crippen molar-refractivity contribution in [1.29, 1.82) is 0 Å². The van der Waals surface area contributed by atoms with Crippen molar-refractivity contribution in [2.24, 2.45) is 0 Å². The molecule has 0 radical (unpaired) electrons. The first-order chi connectivity index (χ1) is 13.1. The van der Waals surface area contributed by atoms with Crippen molar-refractivity contribution in [1.82, 2.24) is 14.8 Å². The van der Waals surface area contributed by atoms with E-state index in [-0.39, 0.29) is 17.5 Å². The lowest BCUT2D eigenvalue weighted by Gasteiger charge is -2.07. The van der Waals surface area contributed by atoms with Crippen LogP contribution >= 0.6 is 23.1 Å². The van der Waals surface area contributed by atoms with Crippen LogP contribution in [0.2, 0.25) is 0 Å². The van der Waals surface area contributed by atoms with Crippen LogP contribution in [0.5, 0.6) is 0 Å². The number of thiophene rings is 1. The van der Waals surface area contributed by atoms with Crippen molar-refractivity contribution < 1.29 is 9.18 Å². The van der Waals surface area contributed by atoms with Gasteiger partial charge in [-0.05, 0) is 43.7 Å². The van der Waals surface area contributed by atoms with Crippen LogP contribution in [0.25, 0.3) is 11.4 Å². The highest BCUT2D eigenvalue weighted by Crippen LogP contribution is 2.28. The number of nitrogens with zero attached hydrogens (tertiary/aromatic N) is 3. The summed E-state index contributed by atoms with van der Waals surface area (Å²) < 4.78 is 15.0. The van der Waals surface area contributed by atoms with E-state index >= 15 is 0 Å². The highest BCUT2D eigenvalue weighted by molar-refractivity contribution is 7.99. The average molecular weight is 405 g/mol. The molecule has 1 amide bonds. The smallest absolute Gasteiger partial charge is 0.234 e. The van der Waals surface area contributed by atoms with Gasteiger partial charge in [0.1, 0.15) is 5.82 Å². The highest BCUT2D eigenvalue weighted by Gasteiger charge is 2.16. The summed E-state index contributed by atoms with van der Waals surface area (Å²) in [4.78, 5) is 13.5. The number of rotatable bonds is 8.